The molecule has 3 aliphatic rings. The summed E-state index contributed by atoms with van der Waals surface area (Å²) in [6.45, 7) is 0. The molecule has 0 saturated carbocycles. The van der Waals surface area contributed by atoms with Crippen molar-refractivity contribution in [2.75, 3.05) is 0 Å². The fourth-order valence-corrected chi connectivity index (χ4v) is 14.0. The van der Waals surface area contributed by atoms with Gasteiger partial charge in [-0.15, -0.1) is 0 Å². The van der Waals surface area contributed by atoms with Gasteiger partial charge in [-0.25, -0.2) is 9.97 Å². The molecule has 3 aliphatic carbocycles. The van der Waals surface area contributed by atoms with Crippen LogP contribution in [0.15, 0.2) is 267 Å². The number of para-hydroxylation sites is 2. The van der Waals surface area contributed by atoms with Crippen LogP contribution in [0.25, 0.3) is 83.1 Å². The van der Waals surface area contributed by atoms with E-state index in [2.05, 4.69) is 276 Å². The normalized spacial score (nSPS) is 14.7. The number of hydrogen-bond acceptors (Lipinski definition) is 2. The van der Waals surface area contributed by atoms with Crippen molar-refractivity contribution in [3.05, 3.63) is 317 Å². The van der Waals surface area contributed by atoms with Crippen LogP contribution < -0.4 is 0 Å². The van der Waals surface area contributed by atoms with Crippen LogP contribution in [0.2, 0.25) is 0 Å². The topological polar surface area (TPSA) is 35.6 Å². The van der Waals surface area contributed by atoms with Crippen molar-refractivity contribution in [1.29, 1.82) is 0 Å². The van der Waals surface area contributed by atoms with Crippen molar-refractivity contribution >= 4 is 49.2 Å². The third kappa shape index (κ3) is 5.73. The first-order valence-corrected chi connectivity index (χ1v) is 26.6. The minimum atomic E-state index is -0.659. The molecule has 0 saturated heterocycles. The van der Waals surface area contributed by atoms with Gasteiger partial charge in [0.15, 0.2) is 5.82 Å². The summed E-state index contributed by atoms with van der Waals surface area (Å²) in [4.78, 5) is 11.6. The van der Waals surface area contributed by atoms with Gasteiger partial charge >= 0.3 is 0 Å². The SMILES string of the molecule is C1=CC(c2nc(-n3c4ccccc4c4ccc5c(c43)C(c3ccccc3)(c3ccccc3)c3ccccc3-5)cc(-n3c4ccccc4c4ccc5c(c43)C(c3ccccc3)(c3ccccc3)c3ccccc3-5)n2)=CCC1. The molecule has 0 spiro atoms. The van der Waals surface area contributed by atoms with Crippen molar-refractivity contribution in [3.8, 4) is 33.9 Å². The Morgan fingerprint density at radius 1 is 0.342 bits per heavy atom. The number of aromatic nitrogens is 4. The lowest BCUT2D eigenvalue weighted by Gasteiger charge is -2.34. The summed E-state index contributed by atoms with van der Waals surface area (Å²) in [6, 6.07) is 92.2. The van der Waals surface area contributed by atoms with Crippen molar-refractivity contribution in [2.45, 2.75) is 23.7 Å². The van der Waals surface area contributed by atoms with E-state index in [4.69, 9.17) is 9.97 Å². The Hall–Kier alpha value is -9.64. The molecule has 0 N–H and O–H groups in total. The van der Waals surface area contributed by atoms with Crippen LogP contribution in [-0.4, -0.2) is 19.1 Å². The lowest BCUT2D eigenvalue weighted by molar-refractivity contribution is 0.770. The van der Waals surface area contributed by atoms with Gasteiger partial charge in [0.2, 0.25) is 0 Å². The highest BCUT2D eigenvalue weighted by Gasteiger charge is 2.50. The Morgan fingerprint density at radius 3 is 1.16 bits per heavy atom. The maximum Gasteiger partial charge on any atom is 0.163 e. The molecule has 10 aromatic carbocycles. The number of benzene rings is 10. The van der Waals surface area contributed by atoms with Crippen LogP contribution in [0.1, 0.15) is 63.2 Å². The zero-order valence-electron chi connectivity index (χ0n) is 41.6. The minimum absolute atomic E-state index is 0.659. The van der Waals surface area contributed by atoms with E-state index < -0.39 is 10.8 Å². The number of nitrogens with zero attached hydrogens (tertiary/aromatic N) is 4. The molecule has 0 atom stereocenters. The summed E-state index contributed by atoms with van der Waals surface area (Å²) >= 11 is 0. The zero-order chi connectivity index (χ0) is 50.0. The number of fused-ring (bicyclic) bond motifs is 14. The Bertz CT molecular complexity index is 4210. The minimum Gasteiger partial charge on any atom is -0.293 e. The second-order valence-corrected chi connectivity index (χ2v) is 20.6. The van der Waals surface area contributed by atoms with Crippen molar-refractivity contribution in [1.82, 2.24) is 19.1 Å². The molecule has 0 unspecified atom stereocenters. The van der Waals surface area contributed by atoms with E-state index in [0.29, 0.717) is 5.82 Å². The first-order chi connectivity index (χ1) is 37.7. The smallest absolute Gasteiger partial charge is 0.163 e. The molecule has 76 heavy (non-hydrogen) atoms. The van der Waals surface area contributed by atoms with Gasteiger partial charge < -0.3 is 0 Å². The molecule has 4 heteroatoms. The maximum absolute atomic E-state index is 5.79. The second kappa shape index (κ2) is 16.4. The van der Waals surface area contributed by atoms with Crippen LogP contribution >= 0.6 is 0 Å². The first-order valence-electron chi connectivity index (χ1n) is 26.6. The van der Waals surface area contributed by atoms with E-state index in [1.54, 1.807) is 0 Å². The molecule has 0 fully saturated rings. The zero-order valence-corrected chi connectivity index (χ0v) is 41.6. The highest BCUT2D eigenvalue weighted by molar-refractivity contribution is 6.15. The van der Waals surface area contributed by atoms with Gasteiger partial charge in [0.1, 0.15) is 11.6 Å². The second-order valence-electron chi connectivity index (χ2n) is 20.6. The largest absolute Gasteiger partial charge is 0.293 e. The van der Waals surface area contributed by atoms with Gasteiger partial charge in [-0.2, -0.15) is 0 Å². The fourth-order valence-electron chi connectivity index (χ4n) is 14.0. The maximum atomic E-state index is 5.79. The van der Waals surface area contributed by atoms with E-state index >= 15 is 0 Å². The van der Waals surface area contributed by atoms with Gasteiger partial charge in [0.25, 0.3) is 0 Å². The quantitative estimate of drug-likeness (QED) is 0.160. The summed E-state index contributed by atoms with van der Waals surface area (Å²) in [5.74, 6) is 2.32. The van der Waals surface area contributed by atoms with Gasteiger partial charge in [-0.1, -0.05) is 249 Å². The van der Waals surface area contributed by atoms with Crippen molar-refractivity contribution in [3.63, 3.8) is 0 Å². The molecule has 356 valence electrons. The average molecular weight is 969 g/mol. The molecule has 0 amide bonds. The summed E-state index contributed by atoms with van der Waals surface area (Å²) in [5, 5.41) is 4.71. The molecular formula is C72H48N4. The molecule has 4 nitrogen and oxygen atoms in total. The molecular weight excluding hydrogens is 921 g/mol. The van der Waals surface area contributed by atoms with Gasteiger partial charge in [-0.3, -0.25) is 9.13 Å². The van der Waals surface area contributed by atoms with Crippen molar-refractivity contribution < 1.29 is 0 Å². The molecule has 3 aromatic heterocycles. The average Bonchev–Trinajstić information content (AvgIpc) is 4.31. The van der Waals surface area contributed by atoms with Crippen LogP contribution in [0.4, 0.5) is 0 Å². The first kappa shape index (κ1) is 42.8. The van der Waals surface area contributed by atoms with Crippen molar-refractivity contribution in [2.24, 2.45) is 0 Å². The molecule has 16 rings (SSSR count). The Balaban J connectivity index is 1.08. The fraction of sp³-hybridized carbons (Fsp3) is 0.0556. The highest BCUT2D eigenvalue weighted by atomic mass is 15.1. The lowest BCUT2D eigenvalue weighted by Crippen LogP contribution is -2.29. The molecule has 3 heterocycles. The number of rotatable bonds is 7. The highest BCUT2D eigenvalue weighted by Crippen LogP contribution is 2.61. The van der Waals surface area contributed by atoms with E-state index in [0.717, 1.165) is 52.1 Å². The lowest BCUT2D eigenvalue weighted by atomic mass is 9.67. The predicted octanol–water partition coefficient (Wildman–Crippen LogP) is 17.1. The predicted molar refractivity (Wildman–Crippen MR) is 312 cm³/mol. The summed E-state index contributed by atoms with van der Waals surface area (Å²) < 4.78 is 4.95. The standard InChI is InChI=1S/C72H48N4/c1-6-24-47(25-7-1)70-73-64(75-62-40-22-18-36-54(62)58-44-42-56-52-34-16-20-38-60(52)71(66(56)68(58)75,48-26-8-2-9-27-48)49-28-10-3-11-29-49)46-65(74-70)76-63-41-23-19-37-55(63)59-45-43-57-53-35-17-21-39-61(53)72(67(57)69(59)76,50-30-12-4-13-31-50)51-32-14-5-15-33-51/h2-6,8-46H,1,7H2. The van der Waals surface area contributed by atoms with E-state index in [9.17, 15) is 0 Å². The summed E-state index contributed by atoms with van der Waals surface area (Å²) in [6.07, 6.45) is 8.71. The van der Waals surface area contributed by atoms with E-state index in [1.807, 2.05) is 0 Å². The van der Waals surface area contributed by atoms with E-state index in [1.165, 1.54) is 88.3 Å². The number of hydrogen-bond donors (Lipinski definition) is 0. The van der Waals surface area contributed by atoms with E-state index in [-0.39, 0.29) is 0 Å². The summed E-state index contributed by atoms with van der Waals surface area (Å²) in [7, 11) is 0. The molecule has 0 radical (unpaired) electrons. The Morgan fingerprint density at radius 2 is 0.737 bits per heavy atom. The third-order valence-electron chi connectivity index (χ3n) is 16.9. The van der Waals surface area contributed by atoms with Gasteiger partial charge in [0, 0.05) is 44.3 Å². The summed E-state index contributed by atoms with van der Waals surface area (Å²) in [5.41, 5.74) is 19.0. The number of allylic oxidation sites excluding steroid dienone is 4. The van der Waals surface area contributed by atoms with Crippen LogP contribution in [0.5, 0.6) is 0 Å². The Kier molecular flexibility index (Phi) is 9.26. The van der Waals surface area contributed by atoms with Gasteiger partial charge in [0.05, 0.1) is 32.9 Å². The monoisotopic (exact) mass is 968 g/mol. The molecule has 13 aromatic rings. The Labute approximate surface area is 440 Å². The van der Waals surface area contributed by atoms with Gasteiger partial charge in [-0.05, 0) is 80.6 Å². The third-order valence-corrected chi connectivity index (χ3v) is 16.9. The van der Waals surface area contributed by atoms with Crippen LogP contribution in [-0.2, 0) is 10.8 Å². The van der Waals surface area contributed by atoms with Crippen LogP contribution in [0, 0.1) is 0 Å². The van der Waals surface area contributed by atoms with Crippen LogP contribution in [0.3, 0.4) is 0 Å². The molecule has 0 aliphatic heterocycles. The molecule has 0 bridgehead atoms.